The van der Waals surface area contributed by atoms with Crippen LogP contribution >= 0.6 is 0 Å². The Bertz CT molecular complexity index is 484. The first kappa shape index (κ1) is 16.0. The maximum Gasteiger partial charge on any atom is 0.179 e. The zero-order chi connectivity index (χ0) is 15.2. The Morgan fingerprint density at radius 2 is 2.19 bits per heavy atom. The molecule has 0 fully saturated rings. The molecule has 0 aliphatic carbocycles. The van der Waals surface area contributed by atoms with Crippen LogP contribution in [0.4, 0.5) is 5.69 Å². The highest BCUT2D eigenvalue weighted by atomic mass is 16.1. The topological polar surface area (TPSA) is 41.1 Å². The van der Waals surface area contributed by atoms with Gasteiger partial charge in [0.1, 0.15) is 0 Å². The number of fused-ring (bicyclic) bond motifs is 1. The predicted molar refractivity (Wildman–Crippen MR) is 89.2 cm³/mol. The lowest BCUT2D eigenvalue weighted by molar-refractivity contribution is 0.0951. The SMILES string of the molecule is CCCCCCNC(C)C(=O)c1ccc2c(c1)CC(C)N2. The molecule has 3 heteroatoms. The van der Waals surface area contributed by atoms with Gasteiger partial charge in [-0.25, -0.2) is 0 Å². The van der Waals surface area contributed by atoms with Gasteiger partial charge in [0.2, 0.25) is 0 Å². The molecule has 0 amide bonds. The number of anilines is 1. The summed E-state index contributed by atoms with van der Waals surface area (Å²) in [5.74, 6) is 0.202. The second kappa shape index (κ2) is 7.60. The molecule has 1 aliphatic rings. The minimum absolute atomic E-state index is 0.100. The van der Waals surface area contributed by atoms with Crippen LogP contribution in [0.3, 0.4) is 0 Å². The first-order valence-corrected chi connectivity index (χ1v) is 8.29. The van der Waals surface area contributed by atoms with Crippen molar-refractivity contribution >= 4 is 11.5 Å². The monoisotopic (exact) mass is 288 g/mol. The number of carbonyl (C=O) groups excluding carboxylic acids is 1. The number of carbonyl (C=O) groups is 1. The lowest BCUT2D eigenvalue weighted by atomic mass is 10.0. The van der Waals surface area contributed by atoms with Gasteiger partial charge in [0.15, 0.2) is 5.78 Å². The molecule has 0 saturated heterocycles. The lowest BCUT2D eigenvalue weighted by Gasteiger charge is -2.13. The molecule has 3 nitrogen and oxygen atoms in total. The van der Waals surface area contributed by atoms with Crippen LogP contribution in [0.5, 0.6) is 0 Å². The largest absolute Gasteiger partial charge is 0.382 e. The maximum absolute atomic E-state index is 12.5. The third-order valence-electron chi connectivity index (χ3n) is 4.19. The van der Waals surface area contributed by atoms with Gasteiger partial charge < -0.3 is 10.6 Å². The fraction of sp³-hybridized carbons (Fsp3) is 0.611. The predicted octanol–water partition coefficient (Wildman–Crippen LogP) is 3.78. The van der Waals surface area contributed by atoms with E-state index in [-0.39, 0.29) is 11.8 Å². The molecule has 1 heterocycles. The van der Waals surface area contributed by atoms with Crippen LogP contribution in [-0.2, 0) is 6.42 Å². The Hall–Kier alpha value is -1.35. The van der Waals surface area contributed by atoms with Gasteiger partial charge in [-0.05, 0) is 57.0 Å². The third-order valence-corrected chi connectivity index (χ3v) is 4.19. The number of unbranched alkanes of at least 4 members (excludes halogenated alkanes) is 3. The molecule has 0 saturated carbocycles. The number of ketones is 1. The van der Waals surface area contributed by atoms with E-state index in [4.69, 9.17) is 0 Å². The molecule has 1 aromatic rings. The maximum atomic E-state index is 12.5. The fourth-order valence-electron chi connectivity index (χ4n) is 2.92. The van der Waals surface area contributed by atoms with Crippen LogP contribution in [0, 0.1) is 0 Å². The smallest absolute Gasteiger partial charge is 0.179 e. The Morgan fingerprint density at radius 1 is 1.38 bits per heavy atom. The van der Waals surface area contributed by atoms with E-state index < -0.39 is 0 Å². The van der Waals surface area contributed by atoms with Gasteiger partial charge in [0.05, 0.1) is 6.04 Å². The van der Waals surface area contributed by atoms with Gasteiger partial charge >= 0.3 is 0 Å². The average molecular weight is 288 g/mol. The fourth-order valence-corrected chi connectivity index (χ4v) is 2.92. The van der Waals surface area contributed by atoms with Crippen molar-refractivity contribution in [2.75, 3.05) is 11.9 Å². The number of rotatable bonds is 8. The van der Waals surface area contributed by atoms with E-state index in [1.165, 1.54) is 30.5 Å². The van der Waals surface area contributed by atoms with Crippen molar-refractivity contribution in [2.45, 2.75) is 65.0 Å². The molecule has 0 radical (unpaired) electrons. The summed E-state index contributed by atoms with van der Waals surface area (Å²) < 4.78 is 0. The van der Waals surface area contributed by atoms with Crippen molar-refractivity contribution in [2.24, 2.45) is 0 Å². The number of Topliss-reactive ketones (excluding diaryl/α,β-unsaturated/α-hetero) is 1. The summed E-state index contributed by atoms with van der Waals surface area (Å²) in [6.45, 7) is 7.28. The zero-order valence-electron chi connectivity index (χ0n) is 13.5. The van der Waals surface area contributed by atoms with Crippen molar-refractivity contribution in [1.82, 2.24) is 5.32 Å². The minimum Gasteiger partial charge on any atom is -0.382 e. The van der Waals surface area contributed by atoms with Crippen molar-refractivity contribution in [3.63, 3.8) is 0 Å². The summed E-state index contributed by atoms with van der Waals surface area (Å²) in [4.78, 5) is 12.5. The number of hydrogen-bond donors (Lipinski definition) is 2. The molecule has 2 N–H and O–H groups in total. The molecule has 2 rings (SSSR count). The second-order valence-corrected chi connectivity index (χ2v) is 6.22. The standard InChI is InChI=1S/C18H28N2O/c1-4-5-6-7-10-19-14(3)18(21)15-8-9-17-16(12-15)11-13(2)20-17/h8-9,12-14,19-20H,4-7,10-11H2,1-3H3. The first-order valence-electron chi connectivity index (χ1n) is 8.29. The summed E-state index contributed by atoms with van der Waals surface area (Å²) in [6, 6.07) is 6.42. The van der Waals surface area contributed by atoms with Gasteiger partial charge in [-0.15, -0.1) is 0 Å². The number of nitrogens with one attached hydrogen (secondary N) is 2. The van der Waals surface area contributed by atoms with Gasteiger partial charge in [0.25, 0.3) is 0 Å². The molecule has 1 aliphatic heterocycles. The molecular weight excluding hydrogens is 260 g/mol. The van der Waals surface area contributed by atoms with Crippen LogP contribution in [-0.4, -0.2) is 24.4 Å². The highest BCUT2D eigenvalue weighted by Crippen LogP contribution is 2.26. The van der Waals surface area contributed by atoms with Crippen molar-refractivity contribution < 1.29 is 4.79 Å². The summed E-state index contributed by atoms with van der Waals surface area (Å²) in [5.41, 5.74) is 3.28. The van der Waals surface area contributed by atoms with E-state index in [0.717, 1.165) is 24.9 Å². The van der Waals surface area contributed by atoms with E-state index in [9.17, 15) is 4.79 Å². The van der Waals surface area contributed by atoms with E-state index in [2.05, 4.69) is 30.5 Å². The molecule has 116 valence electrons. The molecule has 2 atom stereocenters. The lowest BCUT2D eigenvalue weighted by Crippen LogP contribution is -2.34. The molecule has 1 aromatic carbocycles. The van der Waals surface area contributed by atoms with Gasteiger partial charge in [-0.1, -0.05) is 26.2 Å². The quantitative estimate of drug-likeness (QED) is 0.565. The van der Waals surface area contributed by atoms with Gasteiger partial charge in [0, 0.05) is 17.3 Å². The molecule has 0 spiro atoms. The van der Waals surface area contributed by atoms with E-state index in [1.54, 1.807) is 0 Å². The molecular formula is C18H28N2O. The summed E-state index contributed by atoms with van der Waals surface area (Å²) in [5, 5.41) is 6.77. The molecule has 2 unspecified atom stereocenters. The minimum atomic E-state index is -0.100. The van der Waals surface area contributed by atoms with Crippen LogP contribution < -0.4 is 10.6 Å². The van der Waals surface area contributed by atoms with E-state index in [1.807, 2.05) is 19.1 Å². The van der Waals surface area contributed by atoms with E-state index >= 15 is 0 Å². The Balaban J connectivity index is 1.86. The first-order chi connectivity index (χ1) is 10.1. The van der Waals surface area contributed by atoms with E-state index in [0.29, 0.717) is 6.04 Å². The highest BCUT2D eigenvalue weighted by molar-refractivity contribution is 6.00. The third kappa shape index (κ3) is 4.31. The number of hydrogen-bond acceptors (Lipinski definition) is 3. The van der Waals surface area contributed by atoms with Crippen molar-refractivity contribution in [1.29, 1.82) is 0 Å². The van der Waals surface area contributed by atoms with Gasteiger partial charge in [-0.2, -0.15) is 0 Å². The normalized spacial score (nSPS) is 18.1. The summed E-state index contributed by atoms with van der Waals surface area (Å²) in [6.07, 6.45) is 5.93. The van der Waals surface area contributed by atoms with Crippen LogP contribution in [0.25, 0.3) is 0 Å². The summed E-state index contributed by atoms with van der Waals surface area (Å²) >= 11 is 0. The molecule has 0 bridgehead atoms. The molecule has 0 aromatic heterocycles. The Kier molecular flexibility index (Phi) is 5.80. The Labute approximate surface area is 128 Å². The average Bonchev–Trinajstić information content (AvgIpc) is 2.85. The Morgan fingerprint density at radius 3 is 2.95 bits per heavy atom. The van der Waals surface area contributed by atoms with Crippen LogP contribution in [0.1, 0.15) is 62.4 Å². The molecule has 21 heavy (non-hydrogen) atoms. The number of benzene rings is 1. The van der Waals surface area contributed by atoms with Crippen LogP contribution in [0.15, 0.2) is 18.2 Å². The second-order valence-electron chi connectivity index (χ2n) is 6.22. The van der Waals surface area contributed by atoms with Gasteiger partial charge in [-0.3, -0.25) is 4.79 Å². The van der Waals surface area contributed by atoms with Crippen LogP contribution in [0.2, 0.25) is 0 Å². The van der Waals surface area contributed by atoms with Crippen molar-refractivity contribution in [3.8, 4) is 0 Å². The zero-order valence-corrected chi connectivity index (χ0v) is 13.5. The summed E-state index contributed by atoms with van der Waals surface area (Å²) in [7, 11) is 0. The highest BCUT2D eigenvalue weighted by Gasteiger charge is 2.20. The van der Waals surface area contributed by atoms with Crippen molar-refractivity contribution in [3.05, 3.63) is 29.3 Å².